The summed E-state index contributed by atoms with van der Waals surface area (Å²) >= 11 is 2.18. The summed E-state index contributed by atoms with van der Waals surface area (Å²) in [6.07, 6.45) is 0. The van der Waals surface area contributed by atoms with Crippen molar-refractivity contribution < 1.29 is 14.4 Å². The third-order valence-electron chi connectivity index (χ3n) is 2.80. The highest BCUT2D eigenvalue weighted by Gasteiger charge is 2.31. The topological polar surface area (TPSA) is 105 Å². The van der Waals surface area contributed by atoms with Crippen molar-refractivity contribution >= 4 is 61.2 Å². The van der Waals surface area contributed by atoms with E-state index in [0.717, 1.165) is 26.9 Å². The van der Waals surface area contributed by atoms with Crippen molar-refractivity contribution in [3.63, 3.8) is 0 Å². The molecule has 0 atom stereocenters. The Kier molecular flexibility index (Phi) is 3.52. The van der Waals surface area contributed by atoms with Crippen molar-refractivity contribution in [1.82, 2.24) is 9.88 Å². The van der Waals surface area contributed by atoms with Crippen LogP contribution in [0.25, 0.3) is 10.2 Å². The second-order valence-electron chi connectivity index (χ2n) is 4.33. The third kappa shape index (κ3) is 2.83. The summed E-state index contributed by atoms with van der Waals surface area (Å²) in [6, 6.07) is 5.26. The standard InChI is InChI=1S/C12H10N4O3S2/c13-6-1-2-7-8(3-6)21-11(14-7)15-9(17)4-16-10(18)5-20-12(16)19/h1-3H,4-5,13H2,(H,14,15,17). The van der Waals surface area contributed by atoms with Gasteiger partial charge in [0.1, 0.15) is 6.54 Å². The van der Waals surface area contributed by atoms with E-state index in [1.54, 1.807) is 18.2 Å². The molecule has 1 saturated heterocycles. The fourth-order valence-corrected chi connectivity index (χ4v) is 3.49. The molecule has 0 saturated carbocycles. The van der Waals surface area contributed by atoms with E-state index in [4.69, 9.17) is 5.73 Å². The molecular formula is C12H10N4O3S2. The number of anilines is 2. The van der Waals surface area contributed by atoms with Crippen LogP contribution in [-0.2, 0) is 9.59 Å². The largest absolute Gasteiger partial charge is 0.399 e. The zero-order valence-corrected chi connectivity index (χ0v) is 12.3. The molecule has 108 valence electrons. The van der Waals surface area contributed by atoms with Crippen molar-refractivity contribution in [2.75, 3.05) is 23.3 Å². The Labute approximate surface area is 127 Å². The molecule has 1 aromatic heterocycles. The quantitative estimate of drug-likeness (QED) is 0.830. The fourth-order valence-electron chi connectivity index (χ4n) is 1.83. The molecule has 2 heterocycles. The van der Waals surface area contributed by atoms with Crippen LogP contribution in [0, 0.1) is 0 Å². The highest BCUT2D eigenvalue weighted by molar-refractivity contribution is 8.14. The third-order valence-corrected chi connectivity index (χ3v) is 4.59. The van der Waals surface area contributed by atoms with Gasteiger partial charge >= 0.3 is 0 Å². The molecule has 0 bridgehead atoms. The van der Waals surface area contributed by atoms with Gasteiger partial charge in [0.05, 0.1) is 16.0 Å². The van der Waals surface area contributed by atoms with Gasteiger partial charge in [0, 0.05) is 5.69 Å². The molecule has 0 aliphatic carbocycles. The Morgan fingerprint density at radius 1 is 1.43 bits per heavy atom. The number of benzene rings is 1. The Morgan fingerprint density at radius 2 is 2.24 bits per heavy atom. The number of thioether (sulfide) groups is 1. The molecule has 1 aromatic carbocycles. The van der Waals surface area contributed by atoms with Crippen molar-refractivity contribution in [3.05, 3.63) is 18.2 Å². The number of hydrogen-bond acceptors (Lipinski definition) is 7. The van der Waals surface area contributed by atoms with E-state index in [2.05, 4.69) is 10.3 Å². The van der Waals surface area contributed by atoms with Crippen LogP contribution in [0.15, 0.2) is 18.2 Å². The predicted molar refractivity (Wildman–Crippen MR) is 82.2 cm³/mol. The minimum Gasteiger partial charge on any atom is -0.399 e. The minimum atomic E-state index is -0.453. The lowest BCUT2D eigenvalue weighted by Crippen LogP contribution is -2.36. The van der Waals surface area contributed by atoms with Gasteiger partial charge < -0.3 is 11.1 Å². The number of hydrogen-bond donors (Lipinski definition) is 2. The number of aromatic nitrogens is 1. The van der Waals surface area contributed by atoms with Crippen LogP contribution in [0.5, 0.6) is 0 Å². The zero-order valence-electron chi connectivity index (χ0n) is 10.7. The minimum absolute atomic E-state index is 0.0898. The first-order valence-electron chi connectivity index (χ1n) is 5.96. The van der Waals surface area contributed by atoms with E-state index in [1.807, 2.05) is 0 Å². The van der Waals surface area contributed by atoms with Crippen molar-refractivity contribution in [2.45, 2.75) is 0 Å². The van der Waals surface area contributed by atoms with E-state index in [9.17, 15) is 14.4 Å². The molecule has 1 fully saturated rings. The van der Waals surface area contributed by atoms with E-state index < -0.39 is 11.1 Å². The second kappa shape index (κ2) is 5.34. The van der Waals surface area contributed by atoms with Crippen LogP contribution in [0.3, 0.4) is 0 Å². The van der Waals surface area contributed by atoms with E-state index >= 15 is 0 Å². The van der Waals surface area contributed by atoms with E-state index in [1.165, 1.54) is 11.3 Å². The molecule has 0 radical (unpaired) electrons. The summed E-state index contributed by atoms with van der Waals surface area (Å²) in [5, 5.41) is 2.60. The monoisotopic (exact) mass is 322 g/mol. The van der Waals surface area contributed by atoms with Crippen molar-refractivity contribution in [1.29, 1.82) is 0 Å². The number of rotatable bonds is 3. The van der Waals surface area contributed by atoms with Crippen LogP contribution >= 0.6 is 23.1 Å². The lowest BCUT2D eigenvalue weighted by atomic mass is 10.3. The lowest BCUT2D eigenvalue weighted by Gasteiger charge is -2.11. The van der Waals surface area contributed by atoms with Gasteiger partial charge in [0.2, 0.25) is 11.8 Å². The maximum atomic E-state index is 11.9. The number of nitrogens with zero attached hydrogens (tertiary/aromatic N) is 2. The summed E-state index contributed by atoms with van der Waals surface area (Å²) < 4.78 is 0.856. The van der Waals surface area contributed by atoms with Gasteiger partial charge in [-0.05, 0) is 18.2 Å². The number of carbonyl (C=O) groups is 3. The average molecular weight is 322 g/mol. The Hall–Kier alpha value is -2.13. The number of nitrogens with two attached hydrogens (primary N) is 1. The molecule has 9 heteroatoms. The summed E-state index contributed by atoms with van der Waals surface area (Å²) in [7, 11) is 0. The van der Waals surface area contributed by atoms with Gasteiger partial charge in [-0.15, -0.1) is 0 Å². The lowest BCUT2D eigenvalue weighted by molar-refractivity contribution is -0.128. The Morgan fingerprint density at radius 3 is 2.95 bits per heavy atom. The summed E-state index contributed by atoms with van der Waals surface area (Å²) in [5.74, 6) is -0.713. The molecule has 2 aromatic rings. The SMILES string of the molecule is Nc1ccc2nc(NC(=O)CN3C(=O)CSC3=O)sc2c1. The van der Waals surface area contributed by atoms with Gasteiger partial charge in [0.15, 0.2) is 5.13 Å². The summed E-state index contributed by atoms with van der Waals surface area (Å²) in [5.41, 5.74) is 7.03. The highest BCUT2D eigenvalue weighted by atomic mass is 32.2. The molecule has 3 N–H and O–H groups in total. The van der Waals surface area contributed by atoms with Crippen LogP contribution < -0.4 is 11.1 Å². The predicted octanol–water partition coefficient (Wildman–Crippen LogP) is 1.51. The molecular weight excluding hydrogens is 312 g/mol. The maximum absolute atomic E-state index is 11.9. The zero-order chi connectivity index (χ0) is 15.0. The Bertz CT molecular complexity index is 742. The number of thiazole rings is 1. The van der Waals surface area contributed by atoms with E-state index in [0.29, 0.717) is 10.8 Å². The molecule has 3 amide bonds. The van der Waals surface area contributed by atoms with Crippen LogP contribution in [-0.4, -0.2) is 39.2 Å². The molecule has 7 nitrogen and oxygen atoms in total. The van der Waals surface area contributed by atoms with Crippen LogP contribution in [0.2, 0.25) is 0 Å². The molecule has 1 aliphatic heterocycles. The fraction of sp³-hybridized carbons (Fsp3) is 0.167. The first-order valence-corrected chi connectivity index (χ1v) is 7.76. The molecule has 21 heavy (non-hydrogen) atoms. The number of amides is 3. The summed E-state index contributed by atoms with van der Waals surface area (Å²) in [6.45, 7) is -0.289. The first-order chi connectivity index (χ1) is 10.0. The first kappa shape index (κ1) is 13.8. The van der Waals surface area contributed by atoms with Crippen LogP contribution in [0.4, 0.5) is 15.6 Å². The maximum Gasteiger partial charge on any atom is 0.289 e. The van der Waals surface area contributed by atoms with Crippen molar-refractivity contribution in [3.8, 4) is 0 Å². The number of nitrogen functional groups attached to an aromatic ring is 1. The number of imide groups is 1. The number of carbonyl (C=O) groups excluding carboxylic acids is 3. The van der Waals surface area contributed by atoms with E-state index in [-0.39, 0.29) is 18.2 Å². The summed E-state index contributed by atoms with van der Waals surface area (Å²) in [4.78, 5) is 39.9. The number of nitrogens with one attached hydrogen (secondary N) is 1. The average Bonchev–Trinajstić information content (AvgIpc) is 2.95. The normalized spacial score (nSPS) is 15.0. The molecule has 0 spiro atoms. The molecule has 3 rings (SSSR count). The molecule has 1 aliphatic rings. The highest BCUT2D eigenvalue weighted by Crippen LogP contribution is 2.27. The van der Waals surface area contributed by atoms with Gasteiger partial charge in [-0.25, -0.2) is 4.98 Å². The van der Waals surface area contributed by atoms with Gasteiger partial charge in [-0.2, -0.15) is 0 Å². The number of fused-ring (bicyclic) bond motifs is 1. The molecule has 0 unspecified atom stereocenters. The Balaban J connectivity index is 1.71. The smallest absolute Gasteiger partial charge is 0.289 e. The van der Waals surface area contributed by atoms with Gasteiger partial charge in [-0.1, -0.05) is 23.1 Å². The van der Waals surface area contributed by atoms with Crippen LogP contribution in [0.1, 0.15) is 0 Å². The van der Waals surface area contributed by atoms with Crippen molar-refractivity contribution in [2.24, 2.45) is 0 Å². The van der Waals surface area contributed by atoms with Gasteiger partial charge in [0.25, 0.3) is 5.24 Å². The second-order valence-corrected chi connectivity index (χ2v) is 6.29. The van der Waals surface area contributed by atoms with Gasteiger partial charge in [-0.3, -0.25) is 19.3 Å².